The minimum atomic E-state index is -0.298. The zero-order valence-corrected chi connectivity index (χ0v) is 12.9. The van der Waals surface area contributed by atoms with Gasteiger partial charge in [-0.05, 0) is 36.6 Å². The molecule has 0 heterocycles. The van der Waals surface area contributed by atoms with Gasteiger partial charge in [-0.3, -0.25) is 4.79 Å². The van der Waals surface area contributed by atoms with Crippen LogP contribution < -0.4 is 0 Å². The Balaban J connectivity index is 1.92. The van der Waals surface area contributed by atoms with Crippen molar-refractivity contribution in [1.29, 1.82) is 0 Å². The normalized spacial score (nSPS) is 10.6. The number of aryl methyl sites for hydroxylation is 2. The lowest BCUT2D eigenvalue weighted by molar-refractivity contribution is -0.118. The molecule has 1 nitrogen and oxygen atoms in total. The van der Waals surface area contributed by atoms with Crippen LogP contribution in [0.4, 0.5) is 4.39 Å². The second kappa shape index (κ2) is 6.80. The number of Topliss-reactive ketones (excluding diaryl/α,β-unsaturated/α-hetero) is 1. The maximum Gasteiger partial charge on any atom is 0.137 e. The standard InChI is InChI=1S/C17H16BrFO/c1-12-3-2-4-13(9-12)5-8-16(20)10-14-6-7-15(19)11-17(14)18/h2-4,6-7,9,11H,5,8,10H2,1H3. The van der Waals surface area contributed by atoms with E-state index in [0.717, 1.165) is 12.0 Å². The van der Waals surface area contributed by atoms with Crippen LogP contribution in [-0.2, 0) is 17.6 Å². The molecule has 0 bridgehead atoms. The fraction of sp³-hybridized carbons (Fsp3) is 0.235. The van der Waals surface area contributed by atoms with Gasteiger partial charge in [-0.2, -0.15) is 0 Å². The third-order valence-corrected chi connectivity index (χ3v) is 3.92. The van der Waals surface area contributed by atoms with Gasteiger partial charge in [0.25, 0.3) is 0 Å². The fourth-order valence-corrected chi connectivity index (χ4v) is 2.61. The molecule has 0 spiro atoms. The van der Waals surface area contributed by atoms with E-state index in [4.69, 9.17) is 0 Å². The van der Waals surface area contributed by atoms with E-state index < -0.39 is 0 Å². The molecular formula is C17H16BrFO. The number of rotatable bonds is 5. The molecule has 2 rings (SSSR count). The highest BCUT2D eigenvalue weighted by molar-refractivity contribution is 9.10. The average molecular weight is 335 g/mol. The molecule has 0 amide bonds. The van der Waals surface area contributed by atoms with Crippen LogP contribution in [0, 0.1) is 12.7 Å². The molecule has 2 aromatic rings. The summed E-state index contributed by atoms with van der Waals surface area (Å²) in [4.78, 5) is 12.0. The summed E-state index contributed by atoms with van der Waals surface area (Å²) in [6, 6.07) is 12.6. The quantitative estimate of drug-likeness (QED) is 0.778. The van der Waals surface area contributed by atoms with Crippen molar-refractivity contribution < 1.29 is 9.18 Å². The van der Waals surface area contributed by atoms with Crippen LogP contribution in [0.5, 0.6) is 0 Å². The molecule has 0 aliphatic rings. The highest BCUT2D eigenvalue weighted by Crippen LogP contribution is 2.19. The number of ketones is 1. The summed E-state index contributed by atoms with van der Waals surface area (Å²) in [7, 11) is 0. The molecule has 0 radical (unpaired) electrons. The predicted octanol–water partition coefficient (Wildman–Crippen LogP) is 4.64. The van der Waals surface area contributed by atoms with E-state index in [1.54, 1.807) is 6.07 Å². The lowest BCUT2D eigenvalue weighted by Gasteiger charge is -2.05. The maximum absolute atomic E-state index is 13.0. The highest BCUT2D eigenvalue weighted by atomic mass is 79.9. The van der Waals surface area contributed by atoms with Crippen LogP contribution in [0.15, 0.2) is 46.9 Å². The van der Waals surface area contributed by atoms with Crippen molar-refractivity contribution in [2.75, 3.05) is 0 Å². The SMILES string of the molecule is Cc1cccc(CCC(=O)Cc2ccc(F)cc2Br)c1. The molecule has 3 heteroatoms. The lowest BCUT2D eigenvalue weighted by atomic mass is 10.0. The fourth-order valence-electron chi connectivity index (χ4n) is 2.12. The minimum absolute atomic E-state index is 0.166. The first-order chi connectivity index (χ1) is 9.54. The summed E-state index contributed by atoms with van der Waals surface area (Å²) in [5.41, 5.74) is 3.22. The number of hydrogen-bond acceptors (Lipinski definition) is 1. The van der Waals surface area contributed by atoms with E-state index in [-0.39, 0.29) is 11.6 Å². The van der Waals surface area contributed by atoms with Gasteiger partial charge in [-0.25, -0.2) is 4.39 Å². The molecule has 0 unspecified atom stereocenters. The molecule has 104 valence electrons. The van der Waals surface area contributed by atoms with Crippen LogP contribution in [0.2, 0.25) is 0 Å². The summed E-state index contributed by atoms with van der Waals surface area (Å²) in [6.07, 6.45) is 1.60. The third-order valence-electron chi connectivity index (χ3n) is 3.18. The number of hydrogen-bond donors (Lipinski definition) is 0. The Morgan fingerprint density at radius 3 is 2.70 bits per heavy atom. The monoisotopic (exact) mass is 334 g/mol. The molecule has 0 saturated heterocycles. The molecule has 0 aliphatic heterocycles. The molecule has 0 fully saturated rings. The number of carbonyl (C=O) groups is 1. The van der Waals surface area contributed by atoms with Gasteiger partial charge in [0.2, 0.25) is 0 Å². The van der Waals surface area contributed by atoms with Gasteiger partial charge in [0.05, 0.1) is 0 Å². The highest BCUT2D eigenvalue weighted by Gasteiger charge is 2.08. The first-order valence-corrected chi connectivity index (χ1v) is 7.35. The summed E-state index contributed by atoms with van der Waals surface area (Å²) >= 11 is 3.29. The minimum Gasteiger partial charge on any atom is -0.299 e. The van der Waals surface area contributed by atoms with E-state index in [2.05, 4.69) is 22.0 Å². The predicted molar refractivity (Wildman–Crippen MR) is 82.3 cm³/mol. The number of halogens is 2. The van der Waals surface area contributed by atoms with Crippen LogP contribution in [-0.4, -0.2) is 5.78 Å². The van der Waals surface area contributed by atoms with Crippen LogP contribution in [0.3, 0.4) is 0 Å². The Labute approximate surface area is 127 Å². The summed E-state index contributed by atoms with van der Waals surface area (Å²) < 4.78 is 13.6. The van der Waals surface area contributed by atoms with Gasteiger partial charge >= 0.3 is 0 Å². The van der Waals surface area contributed by atoms with Gasteiger partial charge in [-0.1, -0.05) is 51.8 Å². The maximum atomic E-state index is 13.0. The van der Waals surface area contributed by atoms with E-state index >= 15 is 0 Å². The summed E-state index contributed by atoms with van der Waals surface area (Å²) in [5, 5.41) is 0. The van der Waals surface area contributed by atoms with E-state index in [1.165, 1.54) is 23.3 Å². The first kappa shape index (κ1) is 14.9. The van der Waals surface area contributed by atoms with Crippen molar-refractivity contribution in [2.24, 2.45) is 0 Å². The Morgan fingerprint density at radius 1 is 1.20 bits per heavy atom. The summed E-state index contributed by atoms with van der Waals surface area (Å²) in [5.74, 6) is -0.133. The van der Waals surface area contributed by atoms with Gasteiger partial charge in [0, 0.05) is 17.3 Å². The van der Waals surface area contributed by atoms with Gasteiger partial charge < -0.3 is 0 Å². The zero-order valence-electron chi connectivity index (χ0n) is 11.3. The van der Waals surface area contributed by atoms with Gasteiger partial charge in [0.1, 0.15) is 11.6 Å². The van der Waals surface area contributed by atoms with Crippen LogP contribution in [0.25, 0.3) is 0 Å². The van der Waals surface area contributed by atoms with E-state index in [0.29, 0.717) is 17.3 Å². The Kier molecular flexibility index (Phi) is 5.07. The zero-order chi connectivity index (χ0) is 14.5. The van der Waals surface area contributed by atoms with Crippen LogP contribution in [0.1, 0.15) is 23.1 Å². The van der Waals surface area contributed by atoms with Crippen molar-refractivity contribution in [3.8, 4) is 0 Å². The molecule has 0 atom stereocenters. The average Bonchev–Trinajstić information content (AvgIpc) is 2.40. The molecule has 0 saturated carbocycles. The molecule has 0 aromatic heterocycles. The van der Waals surface area contributed by atoms with Crippen molar-refractivity contribution in [3.63, 3.8) is 0 Å². The molecule has 20 heavy (non-hydrogen) atoms. The Bertz CT molecular complexity index is 622. The Morgan fingerprint density at radius 2 is 2.00 bits per heavy atom. The van der Waals surface area contributed by atoms with Gasteiger partial charge in [0.15, 0.2) is 0 Å². The smallest absolute Gasteiger partial charge is 0.137 e. The second-order valence-corrected chi connectivity index (χ2v) is 5.79. The third kappa shape index (κ3) is 4.27. The second-order valence-electron chi connectivity index (χ2n) is 4.94. The van der Waals surface area contributed by atoms with Crippen molar-refractivity contribution in [1.82, 2.24) is 0 Å². The molecule has 2 aromatic carbocycles. The van der Waals surface area contributed by atoms with Crippen molar-refractivity contribution in [2.45, 2.75) is 26.2 Å². The molecule has 0 aliphatic carbocycles. The summed E-state index contributed by atoms with van der Waals surface area (Å²) in [6.45, 7) is 2.04. The largest absolute Gasteiger partial charge is 0.299 e. The lowest BCUT2D eigenvalue weighted by Crippen LogP contribution is -2.05. The van der Waals surface area contributed by atoms with E-state index in [9.17, 15) is 9.18 Å². The molecule has 0 N–H and O–H groups in total. The van der Waals surface area contributed by atoms with Gasteiger partial charge in [-0.15, -0.1) is 0 Å². The Hall–Kier alpha value is -1.48. The first-order valence-electron chi connectivity index (χ1n) is 6.56. The topological polar surface area (TPSA) is 17.1 Å². The van der Waals surface area contributed by atoms with Crippen LogP contribution >= 0.6 is 15.9 Å². The number of carbonyl (C=O) groups excluding carboxylic acids is 1. The van der Waals surface area contributed by atoms with Crippen molar-refractivity contribution >= 4 is 21.7 Å². The van der Waals surface area contributed by atoms with Crippen molar-refractivity contribution in [3.05, 3.63) is 69.4 Å². The molecular weight excluding hydrogens is 319 g/mol. The number of benzene rings is 2. The van der Waals surface area contributed by atoms with E-state index in [1.807, 2.05) is 25.1 Å².